The third-order valence-electron chi connectivity index (χ3n) is 5.05. The first-order chi connectivity index (χ1) is 13.4. The Balaban J connectivity index is 1.65. The van der Waals surface area contributed by atoms with E-state index in [1.807, 2.05) is 12.1 Å². The van der Waals surface area contributed by atoms with Gasteiger partial charge in [0.15, 0.2) is 11.5 Å². The molecule has 1 aromatic carbocycles. The van der Waals surface area contributed by atoms with Gasteiger partial charge in [0.05, 0.1) is 25.1 Å². The maximum absolute atomic E-state index is 12.7. The Morgan fingerprint density at radius 1 is 1.36 bits per heavy atom. The third-order valence-corrected chi connectivity index (χ3v) is 5.05. The molecule has 0 bridgehead atoms. The Labute approximate surface area is 163 Å². The topological polar surface area (TPSA) is 96.4 Å². The predicted octanol–water partition coefficient (Wildman–Crippen LogP) is 1.25. The minimum atomic E-state index is -0.888. The fourth-order valence-corrected chi connectivity index (χ4v) is 3.49. The summed E-state index contributed by atoms with van der Waals surface area (Å²) >= 11 is 0. The molecule has 3 rings (SSSR count). The quantitative estimate of drug-likeness (QED) is 0.816. The van der Waals surface area contributed by atoms with E-state index in [2.05, 4.69) is 0 Å². The molecule has 2 aliphatic rings. The van der Waals surface area contributed by atoms with E-state index in [4.69, 9.17) is 14.6 Å². The maximum atomic E-state index is 12.7. The summed E-state index contributed by atoms with van der Waals surface area (Å²) < 4.78 is 10.9. The van der Waals surface area contributed by atoms with Gasteiger partial charge in [0.2, 0.25) is 5.91 Å². The number of carboxylic acid groups (broad SMARTS) is 1. The third kappa shape index (κ3) is 4.11. The van der Waals surface area contributed by atoms with Crippen LogP contribution in [0.1, 0.15) is 18.4 Å². The molecule has 1 unspecified atom stereocenters. The average Bonchev–Trinajstić information content (AvgIpc) is 2.72. The minimum absolute atomic E-state index is 0.0928. The van der Waals surface area contributed by atoms with Crippen molar-refractivity contribution in [2.75, 3.05) is 40.4 Å². The maximum Gasteiger partial charge on any atom is 0.308 e. The van der Waals surface area contributed by atoms with Crippen LogP contribution < -0.4 is 9.47 Å². The molecule has 2 heterocycles. The first kappa shape index (κ1) is 19.7. The number of nitrogens with zero attached hydrogens (tertiary/aromatic N) is 2. The van der Waals surface area contributed by atoms with Crippen molar-refractivity contribution in [3.05, 3.63) is 29.3 Å². The van der Waals surface area contributed by atoms with Gasteiger partial charge in [0.1, 0.15) is 6.61 Å². The molecule has 0 radical (unpaired) electrons. The molecule has 1 saturated heterocycles. The number of ether oxygens (including phenoxy) is 2. The van der Waals surface area contributed by atoms with Gasteiger partial charge < -0.3 is 24.4 Å². The highest BCUT2D eigenvalue weighted by atomic mass is 16.5. The van der Waals surface area contributed by atoms with Gasteiger partial charge in [-0.05, 0) is 25.0 Å². The molecule has 1 fully saturated rings. The van der Waals surface area contributed by atoms with Crippen LogP contribution in [0.15, 0.2) is 23.8 Å². The lowest BCUT2D eigenvalue weighted by molar-refractivity contribution is -0.147. The van der Waals surface area contributed by atoms with Gasteiger partial charge in [-0.15, -0.1) is 0 Å². The lowest BCUT2D eigenvalue weighted by Gasteiger charge is -2.32. The zero-order chi connectivity index (χ0) is 20.3. The summed E-state index contributed by atoms with van der Waals surface area (Å²) in [6, 6.07) is 5.43. The Hall–Kier alpha value is -3.03. The molecule has 8 heteroatoms. The number of likely N-dealkylation sites (N-methyl/N-ethyl adjacent to an activating group) is 1. The van der Waals surface area contributed by atoms with E-state index in [-0.39, 0.29) is 31.5 Å². The van der Waals surface area contributed by atoms with Crippen LogP contribution in [0.25, 0.3) is 6.08 Å². The smallest absolute Gasteiger partial charge is 0.308 e. The van der Waals surface area contributed by atoms with E-state index in [1.54, 1.807) is 26.3 Å². The number of rotatable bonds is 5. The van der Waals surface area contributed by atoms with E-state index in [9.17, 15) is 14.4 Å². The minimum Gasteiger partial charge on any atom is -0.493 e. The van der Waals surface area contributed by atoms with E-state index in [1.165, 1.54) is 9.80 Å². The first-order valence-electron chi connectivity index (χ1n) is 9.17. The highest BCUT2D eigenvalue weighted by Gasteiger charge is 2.30. The van der Waals surface area contributed by atoms with E-state index in [0.717, 1.165) is 5.56 Å². The van der Waals surface area contributed by atoms with Crippen molar-refractivity contribution < 1.29 is 29.0 Å². The second-order valence-electron chi connectivity index (χ2n) is 7.02. The van der Waals surface area contributed by atoms with Crippen molar-refractivity contribution in [1.29, 1.82) is 0 Å². The summed E-state index contributed by atoms with van der Waals surface area (Å²) in [7, 11) is 3.11. The molecule has 2 amide bonds. The zero-order valence-corrected chi connectivity index (χ0v) is 16.0. The van der Waals surface area contributed by atoms with E-state index >= 15 is 0 Å². The number of aliphatic carboxylic acids is 1. The molecule has 2 aliphatic heterocycles. The Bertz CT molecular complexity index is 819. The molecular formula is C20H24N2O6. The van der Waals surface area contributed by atoms with Crippen LogP contribution in [-0.2, 0) is 14.4 Å². The second-order valence-corrected chi connectivity index (χ2v) is 7.02. The fraction of sp³-hybridized carbons (Fsp3) is 0.450. The number of piperidine rings is 1. The number of hydrogen-bond acceptors (Lipinski definition) is 5. The van der Waals surface area contributed by atoms with Crippen LogP contribution in [-0.4, -0.2) is 73.1 Å². The van der Waals surface area contributed by atoms with Crippen molar-refractivity contribution in [1.82, 2.24) is 9.80 Å². The highest BCUT2D eigenvalue weighted by molar-refractivity contribution is 6.00. The van der Waals surface area contributed by atoms with Gasteiger partial charge in [-0.1, -0.05) is 12.1 Å². The molecule has 0 aliphatic carbocycles. The average molecular weight is 388 g/mol. The van der Waals surface area contributed by atoms with Crippen LogP contribution in [0.4, 0.5) is 0 Å². The summed E-state index contributed by atoms with van der Waals surface area (Å²) in [5, 5.41) is 9.16. The number of amides is 2. The number of para-hydroxylation sites is 1. The molecule has 0 saturated carbocycles. The first-order valence-corrected chi connectivity index (χ1v) is 9.17. The summed E-state index contributed by atoms with van der Waals surface area (Å²) in [6.07, 6.45) is 2.96. The number of carboxylic acids is 1. The predicted molar refractivity (Wildman–Crippen MR) is 101 cm³/mol. The van der Waals surface area contributed by atoms with E-state index in [0.29, 0.717) is 36.5 Å². The molecule has 1 atom stereocenters. The molecule has 28 heavy (non-hydrogen) atoms. The van der Waals surface area contributed by atoms with Crippen LogP contribution in [0.5, 0.6) is 11.5 Å². The number of fused-ring (bicyclic) bond motifs is 1. The van der Waals surface area contributed by atoms with Gasteiger partial charge in [-0.2, -0.15) is 0 Å². The van der Waals surface area contributed by atoms with Crippen molar-refractivity contribution in [2.45, 2.75) is 12.8 Å². The fourth-order valence-electron chi connectivity index (χ4n) is 3.49. The molecule has 1 N–H and O–H groups in total. The van der Waals surface area contributed by atoms with Crippen LogP contribution in [0.3, 0.4) is 0 Å². The summed E-state index contributed by atoms with van der Waals surface area (Å²) in [4.78, 5) is 39.3. The number of hydrogen-bond donors (Lipinski definition) is 1. The second kappa shape index (κ2) is 8.33. The summed E-state index contributed by atoms with van der Waals surface area (Å²) in [6.45, 7) is 0.696. The number of carbonyl (C=O) groups is 3. The standard InChI is InChI=1S/C20H24N2O6/c1-21(11-17(23)22-8-4-6-14(10-22)20(25)26)19(24)15-9-13-5-3-7-16(27-2)18(13)28-12-15/h3,5,7,9,14H,4,6,8,10-12H2,1-2H3,(H,25,26). The SMILES string of the molecule is COc1cccc2c1OCC(C(=O)N(C)CC(=O)N1CCCC(C(=O)O)C1)=C2. The summed E-state index contributed by atoms with van der Waals surface area (Å²) in [5.74, 6) is -0.787. The van der Waals surface area contributed by atoms with Crippen molar-refractivity contribution in [3.63, 3.8) is 0 Å². The van der Waals surface area contributed by atoms with Gasteiger partial charge >= 0.3 is 5.97 Å². The van der Waals surface area contributed by atoms with Gasteiger partial charge in [-0.25, -0.2) is 0 Å². The van der Waals surface area contributed by atoms with E-state index < -0.39 is 11.9 Å². The zero-order valence-electron chi connectivity index (χ0n) is 16.0. The van der Waals surface area contributed by atoms with Crippen molar-refractivity contribution in [3.8, 4) is 11.5 Å². The Morgan fingerprint density at radius 3 is 2.86 bits per heavy atom. The Morgan fingerprint density at radius 2 is 2.14 bits per heavy atom. The van der Waals surface area contributed by atoms with Crippen molar-refractivity contribution >= 4 is 23.9 Å². The lowest BCUT2D eigenvalue weighted by Crippen LogP contribution is -2.47. The molecule has 8 nitrogen and oxygen atoms in total. The molecular weight excluding hydrogens is 364 g/mol. The molecule has 1 aromatic rings. The lowest BCUT2D eigenvalue weighted by atomic mass is 9.98. The molecule has 150 valence electrons. The number of benzene rings is 1. The Kier molecular flexibility index (Phi) is 5.87. The van der Waals surface area contributed by atoms with Gasteiger partial charge in [0.25, 0.3) is 5.91 Å². The highest BCUT2D eigenvalue weighted by Crippen LogP contribution is 2.35. The molecule has 0 spiro atoms. The number of carbonyl (C=O) groups excluding carboxylic acids is 2. The number of methoxy groups -OCH3 is 1. The number of likely N-dealkylation sites (tertiary alicyclic amines) is 1. The molecule has 0 aromatic heterocycles. The summed E-state index contributed by atoms with van der Waals surface area (Å²) in [5.41, 5.74) is 1.19. The van der Waals surface area contributed by atoms with Crippen molar-refractivity contribution in [2.24, 2.45) is 5.92 Å². The van der Waals surface area contributed by atoms with Gasteiger partial charge in [0, 0.05) is 25.7 Å². The van der Waals surface area contributed by atoms with Crippen LogP contribution >= 0.6 is 0 Å². The van der Waals surface area contributed by atoms with Crippen LogP contribution in [0, 0.1) is 5.92 Å². The van der Waals surface area contributed by atoms with Gasteiger partial charge in [-0.3, -0.25) is 14.4 Å². The normalized spacial score (nSPS) is 18.4. The monoisotopic (exact) mass is 388 g/mol. The largest absolute Gasteiger partial charge is 0.493 e. The van der Waals surface area contributed by atoms with Crippen LogP contribution in [0.2, 0.25) is 0 Å².